The van der Waals surface area contributed by atoms with Crippen LogP contribution in [0.15, 0.2) is 18.2 Å². The van der Waals surface area contributed by atoms with Crippen molar-refractivity contribution in [3.63, 3.8) is 0 Å². The molecule has 5 heteroatoms. The van der Waals surface area contributed by atoms with Gasteiger partial charge in [0.1, 0.15) is 5.75 Å². The lowest BCUT2D eigenvalue weighted by Crippen LogP contribution is -2.34. The van der Waals surface area contributed by atoms with Crippen LogP contribution in [0.1, 0.15) is 25.0 Å². The highest BCUT2D eigenvalue weighted by atomic mass is 16.6. The molecule has 1 aromatic rings. The Kier molecular flexibility index (Phi) is 6.03. The summed E-state index contributed by atoms with van der Waals surface area (Å²) in [5.74, 6) is -0.205. The molecule has 0 spiro atoms. The maximum atomic E-state index is 11.5. The third-order valence-corrected chi connectivity index (χ3v) is 2.56. The van der Waals surface area contributed by atoms with Gasteiger partial charge in [0.2, 0.25) is 0 Å². The van der Waals surface area contributed by atoms with E-state index in [4.69, 9.17) is 9.47 Å². The van der Waals surface area contributed by atoms with Gasteiger partial charge in [-0.15, -0.1) is 0 Å². The average Bonchev–Trinajstić information content (AvgIpc) is 2.35. The number of benzene rings is 1. The molecule has 1 N–H and O–H groups in total. The van der Waals surface area contributed by atoms with E-state index in [1.165, 1.54) is 0 Å². The first-order valence-corrected chi connectivity index (χ1v) is 6.54. The monoisotopic (exact) mass is 279 g/mol. The van der Waals surface area contributed by atoms with Gasteiger partial charge >= 0.3 is 5.97 Å². The summed E-state index contributed by atoms with van der Waals surface area (Å²) in [4.78, 5) is 22.8. The van der Waals surface area contributed by atoms with Crippen LogP contribution in [0, 0.1) is 13.8 Å². The number of carbonyl (C=O) groups excluding carboxylic acids is 2. The molecule has 0 bridgehead atoms. The van der Waals surface area contributed by atoms with E-state index in [9.17, 15) is 9.59 Å². The van der Waals surface area contributed by atoms with Crippen LogP contribution in [-0.2, 0) is 14.3 Å². The molecule has 1 amide bonds. The van der Waals surface area contributed by atoms with E-state index in [1.807, 2.05) is 45.9 Å². The van der Waals surface area contributed by atoms with Crippen LogP contribution < -0.4 is 10.1 Å². The lowest BCUT2D eigenvalue weighted by molar-refractivity contribution is -0.150. The lowest BCUT2D eigenvalue weighted by atomic mass is 10.1. The van der Waals surface area contributed by atoms with E-state index in [-0.39, 0.29) is 25.2 Å². The summed E-state index contributed by atoms with van der Waals surface area (Å²) >= 11 is 0. The van der Waals surface area contributed by atoms with Crippen molar-refractivity contribution in [2.75, 3.05) is 13.2 Å². The summed E-state index contributed by atoms with van der Waals surface area (Å²) in [5, 5.41) is 2.63. The summed E-state index contributed by atoms with van der Waals surface area (Å²) < 4.78 is 10.3. The van der Waals surface area contributed by atoms with Crippen LogP contribution in [0.5, 0.6) is 5.75 Å². The first kappa shape index (κ1) is 16.0. The number of hydrogen-bond donors (Lipinski definition) is 1. The fourth-order valence-electron chi connectivity index (χ4n) is 1.71. The molecular weight excluding hydrogens is 258 g/mol. The molecule has 0 radical (unpaired) electrons. The molecule has 0 saturated carbocycles. The molecular formula is C15H21NO4. The zero-order valence-electron chi connectivity index (χ0n) is 12.4. The summed E-state index contributed by atoms with van der Waals surface area (Å²) in [5.41, 5.74) is 1.91. The molecule has 0 aliphatic rings. The van der Waals surface area contributed by atoms with Crippen molar-refractivity contribution in [1.29, 1.82) is 0 Å². The van der Waals surface area contributed by atoms with Gasteiger partial charge in [-0.25, -0.2) is 4.79 Å². The second-order valence-electron chi connectivity index (χ2n) is 4.89. The molecule has 20 heavy (non-hydrogen) atoms. The van der Waals surface area contributed by atoms with Gasteiger partial charge in [0, 0.05) is 6.04 Å². The van der Waals surface area contributed by atoms with Gasteiger partial charge in [-0.3, -0.25) is 4.79 Å². The predicted octanol–water partition coefficient (Wildman–Crippen LogP) is 1.75. The zero-order chi connectivity index (χ0) is 15.1. The van der Waals surface area contributed by atoms with Gasteiger partial charge in [0.25, 0.3) is 5.91 Å². The lowest BCUT2D eigenvalue weighted by Gasteiger charge is -2.12. The smallest absolute Gasteiger partial charge is 0.344 e. The molecule has 0 aromatic heterocycles. The normalized spacial score (nSPS) is 10.2. The summed E-state index contributed by atoms with van der Waals surface area (Å²) in [6.07, 6.45) is 0. The second kappa shape index (κ2) is 7.53. The molecule has 110 valence electrons. The number of esters is 1. The zero-order valence-corrected chi connectivity index (χ0v) is 12.4. The van der Waals surface area contributed by atoms with E-state index < -0.39 is 5.97 Å². The first-order valence-electron chi connectivity index (χ1n) is 6.54. The highest BCUT2D eigenvalue weighted by Gasteiger charge is 2.10. The number of nitrogens with one attached hydrogen (secondary N) is 1. The molecule has 0 aliphatic carbocycles. The van der Waals surface area contributed by atoms with Crippen LogP contribution in [0.25, 0.3) is 0 Å². The minimum Gasteiger partial charge on any atom is -0.481 e. The molecule has 0 unspecified atom stereocenters. The Balaban J connectivity index is 2.39. The number of carbonyl (C=O) groups is 2. The third kappa shape index (κ3) is 5.30. The number of ether oxygens (including phenoxy) is 2. The maximum Gasteiger partial charge on any atom is 0.344 e. The Morgan fingerprint density at radius 3 is 2.30 bits per heavy atom. The van der Waals surface area contributed by atoms with E-state index in [0.29, 0.717) is 5.75 Å². The molecule has 1 aromatic carbocycles. The van der Waals surface area contributed by atoms with Gasteiger partial charge in [0.05, 0.1) is 0 Å². The van der Waals surface area contributed by atoms with Crippen molar-refractivity contribution >= 4 is 11.9 Å². The Morgan fingerprint density at radius 1 is 1.15 bits per heavy atom. The number of aryl methyl sites for hydroxylation is 2. The van der Waals surface area contributed by atoms with Crippen LogP contribution in [-0.4, -0.2) is 31.1 Å². The Morgan fingerprint density at radius 2 is 1.75 bits per heavy atom. The standard InChI is InChI=1S/C15H21NO4/c1-10(2)16-13(17)8-19-14(18)9-20-15-11(3)6-5-7-12(15)4/h5-7,10H,8-9H2,1-4H3,(H,16,17). The van der Waals surface area contributed by atoms with Crippen molar-refractivity contribution < 1.29 is 19.1 Å². The molecule has 0 fully saturated rings. The maximum absolute atomic E-state index is 11.5. The van der Waals surface area contributed by atoms with Gasteiger partial charge in [-0.2, -0.15) is 0 Å². The average molecular weight is 279 g/mol. The Hall–Kier alpha value is -2.04. The fraction of sp³-hybridized carbons (Fsp3) is 0.467. The highest BCUT2D eigenvalue weighted by molar-refractivity contribution is 5.81. The van der Waals surface area contributed by atoms with Crippen molar-refractivity contribution in [2.45, 2.75) is 33.7 Å². The number of rotatable bonds is 6. The van der Waals surface area contributed by atoms with E-state index >= 15 is 0 Å². The van der Waals surface area contributed by atoms with Crippen LogP contribution >= 0.6 is 0 Å². The van der Waals surface area contributed by atoms with Crippen molar-refractivity contribution in [1.82, 2.24) is 5.32 Å². The van der Waals surface area contributed by atoms with E-state index in [0.717, 1.165) is 11.1 Å². The molecule has 5 nitrogen and oxygen atoms in total. The van der Waals surface area contributed by atoms with Crippen LogP contribution in [0.2, 0.25) is 0 Å². The Labute approximate surface area is 119 Å². The summed E-state index contributed by atoms with van der Waals surface area (Å²) in [6.45, 7) is 6.99. The fourth-order valence-corrected chi connectivity index (χ4v) is 1.71. The quantitative estimate of drug-likeness (QED) is 0.806. The highest BCUT2D eigenvalue weighted by Crippen LogP contribution is 2.22. The number of para-hydroxylation sites is 1. The van der Waals surface area contributed by atoms with Crippen LogP contribution in [0.4, 0.5) is 0 Å². The minimum atomic E-state index is -0.563. The number of hydrogen-bond acceptors (Lipinski definition) is 4. The minimum absolute atomic E-state index is 0.0204. The number of amides is 1. The van der Waals surface area contributed by atoms with Gasteiger partial charge in [-0.1, -0.05) is 18.2 Å². The van der Waals surface area contributed by atoms with Gasteiger partial charge in [0.15, 0.2) is 13.2 Å². The molecule has 0 saturated heterocycles. The first-order chi connectivity index (χ1) is 9.40. The summed E-state index contributed by atoms with van der Waals surface area (Å²) in [7, 11) is 0. The Bertz CT molecular complexity index is 463. The van der Waals surface area contributed by atoms with Gasteiger partial charge in [-0.05, 0) is 38.8 Å². The van der Waals surface area contributed by atoms with Gasteiger partial charge < -0.3 is 14.8 Å². The topological polar surface area (TPSA) is 64.6 Å². The molecule has 0 heterocycles. The second-order valence-corrected chi connectivity index (χ2v) is 4.89. The third-order valence-electron chi connectivity index (χ3n) is 2.56. The molecule has 1 rings (SSSR count). The summed E-state index contributed by atoms with van der Waals surface area (Å²) in [6, 6.07) is 5.76. The predicted molar refractivity (Wildman–Crippen MR) is 75.6 cm³/mol. The SMILES string of the molecule is Cc1cccc(C)c1OCC(=O)OCC(=O)NC(C)C. The largest absolute Gasteiger partial charge is 0.481 e. The van der Waals surface area contributed by atoms with E-state index in [2.05, 4.69) is 5.32 Å². The van der Waals surface area contributed by atoms with Crippen molar-refractivity contribution in [3.05, 3.63) is 29.3 Å². The van der Waals surface area contributed by atoms with Crippen LogP contribution in [0.3, 0.4) is 0 Å². The van der Waals surface area contributed by atoms with Crippen molar-refractivity contribution in [2.24, 2.45) is 0 Å². The molecule has 0 atom stereocenters. The van der Waals surface area contributed by atoms with Crippen molar-refractivity contribution in [3.8, 4) is 5.75 Å². The molecule has 0 aliphatic heterocycles. The van der Waals surface area contributed by atoms with E-state index in [1.54, 1.807) is 0 Å².